The summed E-state index contributed by atoms with van der Waals surface area (Å²) in [5.74, 6) is 3.79. The maximum absolute atomic E-state index is 12.9. The standard InChI is InChI=1S/C28H32F3N3O/c1-4-19-5-7-20(8-6-19)14-33-27(35)22-13-23-17-34(26(18(2)3)25(23)32-15-22)16-21-9-11-24(12-10-21)28(29,30)31/h1,9-13,15,18-20,26H,5-8,14,16-17H2,2-3H3,(H,33,35)/t19?,20?,26-/m0/s1. The van der Waals surface area contributed by atoms with Gasteiger partial charge < -0.3 is 5.32 Å². The number of aromatic nitrogens is 1. The molecule has 4 nitrogen and oxygen atoms in total. The van der Waals surface area contributed by atoms with Crippen LogP contribution in [0.5, 0.6) is 0 Å². The van der Waals surface area contributed by atoms with Crippen LogP contribution in [0, 0.1) is 30.1 Å². The minimum atomic E-state index is -4.34. The number of fused-ring (bicyclic) bond motifs is 1. The number of terminal acetylenes is 1. The third-order valence-electron chi connectivity index (χ3n) is 7.24. The summed E-state index contributed by atoms with van der Waals surface area (Å²) >= 11 is 0. The van der Waals surface area contributed by atoms with Crippen LogP contribution in [0.25, 0.3) is 0 Å². The first-order chi connectivity index (χ1) is 16.7. The predicted octanol–water partition coefficient (Wildman–Crippen LogP) is 5.98. The lowest BCUT2D eigenvalue weighted by Crippen LogP contribution is -2.31. The maximum atomic E-state index is 12.9. The number of carbonyl (C=O) groups excluding carboxylic acids is 1. The van der Waals surface area contributed by atoms with Crippen LogP contribution >= 0.6 is 0 Å². The van der Waals surface area contributed by atoms with Crippen LogP contribution in [0.4, 0.5) is 13.2 Å². The third-order valence-corrected chi connectivity index (χ3v) is 7.24. The van der Waals surface area contributed by atoms with Crippen molar-refractivity contribution in [2.75, 3.05) is 6.54 Å². The Labute approximate surface area is 205 Å². The van der Waals surface area contributed by atoms with Crippen LogP contribution in [0.2, 0.25) is 0 Å². The SMILES string of the molecule is C#CC1CCC(CNC(=O)c2cnc3c(c2)CN(Cc2ccc(C(F)(F)F)cc2)[C@H]3C(C)C)CC1. The molecular formula is C28H32F3N3O. The van der Waals surface area contributed by atoms with Crippen molar-refractivity contribution in [1.29, 1.82) is 0 Å². The highest BCUT2D eigenvalue weighted by molar-refractivity contribution is 5.94. The molecule has 0 unspecified atom stereocenters. The summed E-state index contributed by atoms with van der Waals surface area (Å²) in [7, 11) is 0. The summed E-state index contributed by atoms with van der Waals surface area (Å²) in [6.07, 6.45) is 6.92. The quantitative estimate of drug-likeness (QED) is 0.514. The summed E-state index contributed by atoms with van der Waals surface area (Å²) in [6, 6.07) is 7.27. The topological polar surface area (TPSA) is 45.2 Å². The van der Waals surface area contributed by atoms with Crippen LogP contribution in [0.15, 0.2) is 36.5 Å². The van der Waals surface area contributed by atoms with Gasteiger partial charge in [-0.2, -0.15) is 13.2 Å². The number of hydrogen-bond donors (Lipinski definition) is 1. The number of alkyl halides is 3. The Balaban J connectivity index is 1.41. The molecule has 1 N–H and O–H groups in total. The first-order valence-corrected chi connectivity index (χ1v) is 12.3. The lowest BCUT2D eigenvalue weighted by molar-refractivity contribution is -0.137. The van der Waals surface area contributed by atoms with Crippen molar-refractivity contribution in [2.45, 2.75) is 64.8 Å². The average molecular weight is 484 g/mol. The molecule has 1 amide bonds. The zero-order valence-electron chi connectivity index (χ0n) is 20.2. The Morgan fingerprint density at radius 2 is 1.89 bits per heavy atom. The van der Waals surface area contributed by atoms with E-state index in [1.807, 2.05) is 6.07 Å². The van der Waals surface area contributed by atoms with Gasteiger partial charge in [0.25, 0.3) is 5.91 Å². The number of halogens is 3. The van der Waals surface area contributed by atoms with Gasteiger partial charge in [-0.15, -0.1) is 12.3 Å². The van der Waals surface area contributed by atoms with E-state index in [4.69, 9.17) is 6.42 Å². The van der Waals surface area contributed by atoms with Gasteiger partial charge in [0.15, 0.2) is 0 Å². The smallest absolute Gasteiger partial charge is 0.352 e. The molecule has 1 fully saturated rings. The highest BCUT2D eigenvalue weighted by Gasteiger charge is 2.35. The average Bonchev–Trinajstić information content (AvgIpc) is 3.19. The van der Waals surface area contributed by atoms with E-state index >= 15 is 0 Å². The first-order valence-electron chi connectivity index (χ1n) is 12.3. The minimum Gasteiger partial charge on any atom is -0.352 e. The summed E-state index contributed by atoms with van der Waals surface area (Å²) in [4.78, 5) is 19.7. The molecule has 1 saturated carbocycles. The number of nitrogens with zero attached hydrogens (tertiary/aromatic N) is 2. The molecule has 1 aromatic carbocycles. The zero-order valence-corrected chi connectivity index (χ0v) is 20.2. The molecular weight excluding hydrogens is 451 g/mol. The molecule has 0 saturated heterocycles. The van der Waals surface area contributed by atoms with Gasteiger partial charge in [0.1, 0.15) is 0 Å². The summed E-state index contributed by atoms with van der Waals surface area (Å²) in [6.45, 7) is 5.97. The van der Waals surface area contributed by atoms with Crippen molar-refractivity contribution in [3.05, 3.63) is 64.5 Å². The van der Waals surface area contributed by atoms with Crippen LogP contribution in [-0.2, 0) is 19.3 Å². The lowest BCUT2D eigenvalue weighted by Gasteiger charge is -2.27. The Kier molecular flexibility index (Phi) is 7.51. The van der Waals surface area contributed by atoms with Crippen LogP contribution in [0.1, 0.15) is 78.3 Å². The summed E-state index contributed by atoms with van der Waals surface area (Å²) in [5, 5.41) is 3.06. The molecule has 186 valence electrons. The highest BCUT2D eigenvalue weighted by Crippen LogP contribution is 2.39. The molecule has 0 bridgehead atoms. The third kappa shape index (κ3) is 5.87. The number of amides is 1. The molecule has 35 heavy (non-hydrogen) atoms. The Hall–Kier alpha value is -2.85. The van der Waals surface area contributed by atoms with Crippen molar-refractivity contribution in [3.8, 4) is 12.3 Å². The number of benzene rings is 1. The molecule has 1 atom stereocenters. The Morgan fingerprint density at radius 3 is 2.49 bits per heavy atom. The van der Waals surface area contributed by atoms with Gasteiger partial charge in [0, 0.05) is 31.7 Å². The monoisotopic (exact) mass is 483 g/mol. The van der Waals surface area contributed by atoms with E-state index in [1.54, 1.807) is 6.20 Å². The Morgan fingerprint density at radius 1 is 1.20 bits per heavy atom. The zero-order chi connectivity index (χ0) is 25.2. The number of rotatable bonds is 6. The second kappa shape index (κ2) is 10.4. The summed E-state index contributed by atoms with van der Waals surface area (Å²) in [5.41, 5.74) is 2.65. The van der Waals surface area contributed by atoms with E-state index in [9.17, 15) is 18.0 Å². The van der Waals surface area contributed by atoms with Crippen molar-refractivity contribution >= 4 is 5.91 Å². The number of carbonyl (C=O) groups is 1. The number of hydrogen-bond acceptors (Lipinski definition) is 3. The van der Waals surface area contributed by atoms with Crippen LogP contribution in [-0.4, -0.2) is 22.3 Å². The van der Waals surface area contributed by atoms with E-state index in [0.717, 1.165) is 54.6 Å². The van der Waals surface area contributed by atoms with Gasteiger partial charge in [0.2, 0.25) is 0 Å². The molecule has 2 aliphatic rings. The van der Waals surface area contributed by atoms with Crippen molar-refractivity contribution in [2.24, 2.45) is 17.8 Å². The van der Waals surface area contributed by atoms with Gasteiger partial charge in [-0.05, 0) is 66.8 Å². The molecule has 1 aliphatic carbocycles. The van der Waals surface area contributed by atoms with Crippen LogP contribution in [0.3, 0.4) is 0 Å². The van der Waals surface area contributed by atoms with Crippen molar-refractivity contribution < 1.29 is 18.0 Å². The molecule has 2 aromatic rings. The largest absolute Gasteiger partial charge is 0.416 e. The fourth-order valence-electron chi connectivity index (χ4n) is 5.33. The normalized spacial score (nSPS) is 22.6. The maximum Gasteiger partial charge on any atom is 0.416 e. The summed E-state index contributed by atoms with van der Waals surface area (Å²) < 4.78 is 38.7. The lowest BCUT2D eigenvalue weighted by atomic mass is 9.82. The first kappa shape index (κ1) is 25.2. The van der Waals surface area contributed by atoms with E-state index in [1.165, 1.54) is 12.1 Å². The predicted molar refractivity (Wildman–Crippen MR) is 129 cm³/mol. The van der Waals surface area contributed by atoms with Gasteiger partial charge in [-0.25, -0.2) is 0 Å². The van der Waals surface area contributed by atoms with Crippen molar-refractivity contribution in [1.82, 2.24) is 15.2 Å². The van der Waals surface area contributed by atoms with Crippen LogP contribution < -0.4 is 5.32 Å². The fourth-order valence-corrected chi connectivity index (χ4v) is 5.33. The highest BCUT2D eigenvalue weighted by atomic mass is 19.4. The Bertz CT molecular complexity index is 1080. The van der Waals surface area contributed by atoms with Gasteiger partial charge in [0.05, 0.1) is 22.9 Å². The number of pyridine rings is 1. The van der Waals surface area contributed by atoms with Gasteiger partial charge in [-0.1, -0.05) is 26.0 Å². The molecule has 1 aliphatic heterocycles. The second-order valence-electron chi connectivity index (χ2n) is 10.2. The molecule has 0 spiro atoms. The van der Waals surface area contributed by atoms with E-state index in [-0.39, 0.29) is 17.9 Å². The van der Waals surface area contributed by atoms with E-state index < -0.39 is 11.7 Å². The minimum absolute atomic E-state index is 0.0377. The van der Waals surface area contributed by atoms with Gasteiger partial charge in [-0.3, -0.25) is 14.7 Å². The number of nitrogens with one attached hydrogen (secondary N) is 1. The second-order valence-corrected chi connectivity index (χ2v) is 10.2. The molecule has 7 heteroatoms. The van der Waals surface area contributed by atoms with E-state index in [2.05, 4.69) is 35.0 Å². The molecule has 4 rings (SSSR count). The van der Waals surface area contributed by atoms with Crippen molar-refractivity contribution in [3.63, 3.8) is 0 Å². The molecule has 0 radical (unpaired) electrons. The fraction of sp³-hybridized carbons (Fsp3) is 0.500. The van der Waals surface area contributed by atoms with E-state index in [0.29, 0.717) is 37.0 Å². The molecule has 2 heterocycles. The molecule has 1 aromatic heterocycles. The van der Waals surface area contributed by atoms with Gasteiger partial charge >= 0.3 is 6.18 Å².